The average molecular weight is 257 g/mol. The number of methoxy groups -OCH3 is 1. The molecule has 0 bridgehead atoms. The van der Waals surface area contributed by atoms with E-state index in [1.165, 1.54) is 32.8 Å². The molecule has 1 fully saturated rings. The van der Waals surface area contributed by atoms with Gasteiger partial charge < -0.3 is 14.7 Å². The smallest absolute Gasteiger partial charge is 0.305 e. The minimum absolute atomic E-state index is 0.128. The van der Waals surface area contributed by atoms with Gasteiger partial charge in [-0.2, -0.15) is 0 Å². The SMILES string of the molecule is COC(=O)CCCN1CCCCCC1CC(C)O. The van der Waals surface area contributed by atoms with E-state index in [1.54, 1.807) is 0 Å². The van der Waals surface area contributed by atoms with Gasteiger partial charge in [0.15, 0.2) is 0 Å². The fourth-order valence-electron chi connectivity index (χ4n) is 2.72. The number of carbonyl (C=O) groups is 1. The third-order valence-corrected chi connectivity index (χ3v) is 3.67. The van der Waals surface area contributed by atoms with E-state index >= 15 is 0 Å². The van der Waals surface area contributed by atoms with Crippen LogP contribution in [0.15, 0.2) is 0 Å². The molecule has 2 unspecified atom stereocenters. The summed E-state index contributed by atoms with van der Waals surface area (Å²) in [5.74, 6) is -0.128. The van der Waals surface area contributed by atoms with Crippen molar-refractivity contribution in [3.8, 4) is 0 Å². The van der Waals surface area contributed by atoms with E-state index in [9.17, 15) is 9.90 Å². The summed E-state index contributed by atoms with van der Waals surface area (Å²) in [6, 6.07) is 0.477. The summed E-state index contributed by atoms with van der Waals surface area (Å²) in [7, 11) is 1.44. The van der Waals surface area contributed by atoms with Gasteiger partial charge in [-0.15, -0.1) is 0 Å². The first kappa shape index (κ1) is 15.4. The van der Waals surface area contributed by atoms with Crippen molar-refractivity contribution >= 4 is 5.97 Å². The number of carbonyl (C=O) groups excluding carboxylic acids is 1. The Bertz CT molecular complexity index is 243. The fourth-order valence-corrected chi connectivity index (χ4v) is 2.72. The van der Waals surface area contributed by atoms with Crippen LogP contribution in [0.1, 0.15) is 51.9 Å². The van der Waals surface area contributed by atoms with E-state index in [0.29, 0.717) is 12.5 Å². The molecule has 4 nitrogen and oxygen atoms in total. The van der Waals surface area contributed by atoms with Gasteiger partial charge in [-0.25, -0.2) is 0 Å². The highest BCUT2D eigenvalue weighted by molar-refractivity contribution is 5.69. The van der Waals surface area contributed by atoms with E-state index in [-0.39, 0.29) is 12.1 Å². The minimum Gasteiger partial charge on any atom is -0.469 e. The Kier molecular flexibility index (Phi) is 7.28. The van der Waals surface area contributed by atoms with Crippen molar-refractivity contribution in [3.05, 3.63) is 0 Å². The van der Waals surface area contributed by atoms with Gasteiger partial charge in [0.1, 0.15) is 0 Å². The predicted octanol–water partition coefficient (Wildman–Crippen LogP) is 1.96. The molecule has 1 aliphatic heterocycles. The molecular formula is C14H27NO3. The molecule has 0 aromatic heterocycles. The number of hydrogen-bond donors (Lipinski definition) is 1. The molecule has 0 amide bonds. The van der Waals surface area contributed by atoms with Crippen molar-refractivity contribution in [3.63, 3.8) is 0 Å². The Hall–Kier alpha value is -0.610. The maximum atomic E-state index is 11.1. The summed E-state index contributed by atoms with van der Waals surface area (Å²) in [6.45, 7) is 3.89. The number of ether oxygens (including phenoxy) is 1. The fraction of sp³-hybridized carbons (Fsp3) is 0.929. The molecule has 1 rings (SSSR count). The van der Waals surface area contributed by atoms with Crippen molar-refractivity contribution in [2.24, 2.45) is 0 Å². The zero-order chi connectivity index (χ0) is 13.4. The minimum atomic E-state index is -0.240. The van der Waals surface area contributed by atoms with Crippen LogP contribution < -0.4 is 0 Å². The van der Waals surface area contributed by atoms with E-state index in [4.69, 9.17) is 0 Å². The number of esters is 1. The Morgan fingerprint density at radius 2 is 2.22 bits per heavy atom. The first-order valence-corrected chi connectivity index (χ1v) is 7.12. The highest BCUT2D eigenvalue weighted by Crippen LogP contribution is 2.21. The first-order valence-electron chi connectivity index (χ1n) is 7.12. The van der Waals surface area contributed by atoms with Crippen LogP contribution in [0, 0.1) is 0 Å². The second-order valence-electron chi connectivity index (χ2n) is 5.30. The quantitative estimate of drug-likeness (QED) is 0.739. The molecule has 2 atom stereocenters. The lowest BCUT2D eigenvalue weighted by atomic mass is 10.0. The summed E-state index contributed by atoms with van der Waals surface area (Å²) in [5.41, 5.74) is 0. The third-order valence-electron chi connectivity index (χ3n) is 3.67. The molecule has 1 heterocycles. The predicted molar refractivity (Wildman–Crippen MR) is 71.4 cm³/mol. The molecule has 18 heavy (non-hydrogen) atoms. The topological polar surface area (TPSA) is 49.8 Å². The molecular weight excluding hydrogens is 230 g/mol. The van der Waals surface area contributed by atoms with Gasteiger partial charge in [0.25, 0.3) is 0 Å². The largest absolute Gasteiger partial charge is 0.469 e. The Morgan fingerprint density at radius 3 is 2.89 bits per heavy atom. The Balaban J connectivity index is 2.38. The molecule has 106 valence electrons. The van der Waals surface area contributed by atoms with E-state index in [0.717, 1.165) is 25.9 Å². The van der Waals surface area contributed by atoms with Gasteiger partial charge in [-0.3, -0.25) is 4.79 Å². The van der Waals surface area contributed by atoms with Crippen LogP contribution in [0.4, 0.5) is 0 Å². The van der Waals surface area contributed by atoms with Crippen LogP contribution in [0.3, 0.4) is 0 Å². The van der Waals surface area contributed by atoms with E-state index in [2.05, 4.69) is 9.64 Å². The maximum Gasteiger partial charge on any atom is 0.305 e. The van der Waals surface area contributed by atoms with E-state index < -0.39 is 0 Å². The highest BCUT2D eigenvalue weighted by Gasteiger charge is 2.22. The maximum absolute atomic E-state index is 11.1. The van der Waals surface area contributed by atoms with Crippen molar-refractivity contribution in [1.29, 1.82) is 0 Å². The lowest BCUT2D eigenvalue weighted by Crippen LogP contribution is -2.37. The molecule has 1 aliphatic rings. The van der Waals surface area contributed by atoms with Gasteiger partial charge in [0.05, 0.1) is 13.2 Å². The Morgan fingerprint density at radius 1 is 1.44 bits per heavy atom. The standard InChI is InChI=1S/C14H27NO3/c1-12(16)11-13-7-4-3-5-9-15(13)10-6-8-14(17)18-2/h12-13,16H,3-11H2,1-2H3. The number of aliphatic hydroxyl groups is 1. The second kappa shape index (κ2) is 8.48. The van der Waals surface area contributed by atoms with Crippen LogP contribution in [-0.4, -0.2) is 48.3 Å². The van der Waals surface area contributed by atoms with Crippen LogP contribution in [-0.2, 0) is 9.53 Å². The van der Waals surface area contributed by atoms with Gasteiger partial charge in [0, 0.05) is 12.5 Å². The number of likely N-dealkylation sites (tertiary alicyclic amines) is 1. The van der Waals surface area contributed by atoms with Crippen LogP contribution >= 0.6 is 0 Å². The molecule has 1 saturated heterocycles. The van der Waals surface area contributed by atoms with Crippen molar-refractivity contribution in [1.82, 2.24) is 4.90 Å². The molecule has 0 aromatic carbocycles. The van der Waals surface area contributed by atoms with Crippen LogP contribution in [0.25, 0.3) is 0 Å². The van der Waals surface area contributed by atoms with E-state index in [1.807, 2.05) is 6.92 Å². The molecule has 0 saturated carbocycles. The lowest BCUT2D eigenvalue weighted by Gasteiger charge is -2.30. The van der Waals surface area contributed by atoms with Crippen molar-refractivity contribution in [2.75, 3.05) is 20.2 Å². The molecule has 0 aromatic rings. The number of nitrogens with zero attached hydrogens (tertiary/aromatic N) is 1. The molecule has 0 aliphatic carbocycles. The monoisotopic (exact) mass is 257 g/mol. The van der Waals surface area contributed by atoms with Crippen LogP contribution in [0.5, 0.6) is 0 Å². The molecule has 0 radical (unpaired) electrons. The molecule has 0 spiro atoms. The number of rotatable bonds is 6. The second-order valence-corrected chi connectivity index (χ2v) is 5.30. The summed E-state index contributed by atoms with van der Waals surface area (Å²) >= 11 is 0. The summed E-state index contributed by atoms with van der Waals surface area (Å²) < 4.78 is 4.66. The summed E-state index contributed by atoms with van der Waals surface area (Å²) in [4.78, 5) is 13.5. The summed E-state index contributed by atoms with van der Waals surface area (Å²) in [6.07, 6.45) is 6.89. The van der Waals surface area contributed by atoms with Gasteiger partial charge >= 0.3 is 5.97 Å². The number of hydrogen-bond acceptors (Lipinski definition) is 4. The Labute approximate surface area is 110 Å². The zero-order valence-corrected chi connectivity index (χ0v) is 11.7. The molecule has 4 heteroatoms. The zero-order valence-electron chi connectivity index (χ0n) is 11.7. The van der Waals surface area contributed by atoms with Gasteiger partial charge in [-0.05, 0) is 45.7 Å². The lowest BCUT2D eigenvalue weighted by molar-refractivity contribution is -0.140. The highest BCUT2D eigenvalue weighted by atomic mass is 16.5. The van der Waals surface area contributed by atoms with Crippen molar-refractivity contribution < 1.29 is 14.6 Å². The number of aliphatic hydroxyl groups excluding tert-OH is 1. The average Bonchev–Trinajstić information content (AvgIpc) is 2.54. The summed E-state index contributed by atoms with van der Waals surface area (Å²) in [5, 5.41) is 9.57. The third kappa shape index (κ3) is 5.83. The molecule has 1 N–H and O–H groups in total. The van der Waals surface area contributed by atoms with Gasteiger partial charge in [0.2, 0.25) is 0 Å². The van der Waals surface area contributed by atoms with Crippen molar-refractivity contribution in [2.45, 2.75) is 64.0 Å². The van der Waals surface area contributed by atoms with Crippen LogP contribution in [0.2, 0.25) is 0 Å². The normalized spacial score (nSPS) is 23.4. The van der Waals surface area contributed by atoms with Gasteiger partial charge in [-0.1, -0.05) is 12.8 Å². The first-order chi connectivity index (χ1) is 8.63.